The third kappa shape index (κ3) is 3.66. The van der Waals surface area contributed by atoms with E-state index in [2.05, 4.69) is 36.1 Å². The second-order valence-electron chi connectivity index (χ2n) is 5.20. The van der Waals surface area contributed by atoms with Gasteiger partial charge in [-0.3, -0.25) is 0 Å². The minimum Gasteiger partial charge on any atom is -0.373 e. The van der Waals surface area contributed by atoms with E-state index in [9.17, 15) is 0 Å². The van der Waals surface area contributed by atoms with Gasteiger partial charge in [0, 0.05) is 25.4 Å². The highest BCUT2D eigenvalue weighted by atomic mass is 16.5. The molecule has 0 aliphatic carbocycles. The van der Waals surface area contributed by atoms with E-state index in [1.807, 2.05) is 27.0 Å². The number of nitrogens with one attached hydrogen (secondary N) is 1. The molecule has 1 heterocycles. The minimum atomic E-state index is -0.0838. The molecule has 0 aromatic carbocycles. The number of nitrogens with zero attached hydrogens (tertiary/aromatic N) is 2. The Hall–Kier alpha value is -1.16. The highest BCUT2D eigenvalue weighted by molar-refractivity contribution is 5.35. The molecule has 1 aromatic heterocycles. The first-order valence-corrected chi connectivity index (χ1v) is 6.03. The highest BCUT2D eigenvalue weighted by Crippen LogP contribution is 2.34. The summed E-state index contributed by atoms with van der Waals surface area (Å²) in [5.41, 5.74) is 0.933. The van der Waals surface area contributed by atoms with E-state index in [-0.39, 0.29) is 11.5 Å². The number of hydrogen-bond acceptors (Lipinski definition) is 4. The number of aromatic nitrogens is 2. The summed E-state index contributed by atoms with van der Waals surface area (Å²) in [6.45, 7) is 11.0. The molecule has 0 aliphatic rings. The summed E-state index contributed by atoms with van der Waals surface area (Å²) < 4.78 is 5.79. The number of hydrogen-bond donors (Lipinski definition) is 1. The summed E-state index contributed by atoms with van der Waals surface area (Å²) in [5.74, 6) is 1.59. The highest BCUT2D eigenvalue weighted by Gasteiger charge is 2.29. The van der Waals surface area contributed by atoms with Crippen LogP contribution in [0.1, 0.15) is 45.3 Å². The first kappa shape index (κ1) is 13.9. The predicted molar refractivity (Wildman–Crippen MR) is 70.1 cm³/mol. The third-order valence-electron chi connectivity index (χ3n) is 2.48. The van der Waals surface area contributed by atoms with Gasteiger partial charge < -0.3 is 10.1 Å². The minimum absolute atomic E-state index is 0.0190. The number of ether oxygens (including phenoxy) is 1. The molecule has 1 unspecified atom stereocenters. The Morgan fingerprint density at radius 3 is 2.47 bits per heavy atom. The van der Waals surface area contributed by atoms with E-state index in [1.165, 1.54) is 0 Å². The van der Waals surface area contributed by atoms with Gasteiger partial charge in [0.05, 0.1) is 0 Å². The van der Waals surface area contributed by atoms with Crippen LogP contribution >= 0.6 is 0 Å². The molecule has 1 atom stereocenters. The normalized spacial score (nSPS) is 13.5. The average molecular weight is 237 g/mol. The van der Waals surface area contributed by atoms with E-state index in [0.717, 1.165) is 17.3 Å². The standard InChI is InChI=1S/C13H23N3O/c1-7-17-11(13(3,4)5)12-15-9(2)8-10(14-6)16-12/h8,11H,7H2,1-6H3,(H,14,15,16). The molecule has 1 aromatic rings. The van der Waals surface area contributed by atoms with Crippen LogP contribution in [-0.4, -0.2) is 23.6 Å². The van der Waals surface area contributed by atoms with Gasteiger partial charge >= 0.3 is 0 Å². The van der Waals surface area contributed by atoms with Crippen molar-refractivity contribution in [2.75, 3.05) is 19.0 Å². The molecule has 4 heteroatoms. The van der Waals surface area contributed by atoms with Crippen LogP contribution in [0.25, 0.3) is 0 Å². The Labute approximate surface area is 104 Å². The summed E-state index contributed by atoms with van der Waals surface area (Å²) >= 11 is 0. The fraction of sp³-hybridized carbons (Fsp3) is 0.692. The van der Waals surface area contributed by atoms with Crippen molar-refractivity contribution < 1.29 is 4.74 Å². The number of rotatable bonds is 4. The van der Waals surface area contributed by atoms with E-state index >= 15 is 0 Å². The van der Waals surface area contributed by atoms with Gasteiger partial charge in [0.1, 0.15) is 11.9 Å². The van der Waals surface area contributed by atoms with Crippen molar-refractivity contribution in [3.63, 3.8) is 0 Å². The van der Waals surface area contributed by atoms with Crippen molar-refractivity contribution in [3.05, 3.63) is 17.6 Å². The zero-order valence-corrected chi connectivity index (χ0v) is 11.7. The van der Waals surface area contributed by atoms with Crippen LogP contribution in [0, 0.1) is 12.3 Å². The Bertz CT molecular complexity index is 371. The molecule has 17 heavy (non-hydrogen) atoms. The second kappa shape index (κ2) is 5.45. The largest absolute Gasteiger partial charge is 0.373 e. The summed E-state index contributed by atoms with van der Waals surface area (Å²) in [4.78, 5) is 8.98. The van der Waals surface area contributed by atoms with Crippen molar-refractivity contribution in [3.8, 4) is 0 Å². The van der Waals surface area contributed by atoms with E-state index in [4.69, 9.17) is 4.74 Å². The zero-order valence-electron chi connectivity index (χ0n) is 11.7. The van der Waals surface area contributed by atoms with Crippen molar-refractivity contribution >= 4 is 5.82 Å². The molecule has 0 saturated heterocycles. The van der Waals surface area contributed by atoms with Crippen molar-refractivity contribution in [1.29, 1.82) is 0 Å². The van der Waals surface area contributed by atoms with Crippen molar-refractivity contribution in [1.82, 2.24) is 9.97 Å². The summed E-state index contributed by atoms with van der Waals surface area (Å²) in [7, 11) is 1.86. The molecule has 0 saturated carbocycles. The topological polar surface area (TPSA) is 47.0 Å². The monoisotopic (exact) mass is 237 g/mol. The second-order valence-corrected chi connectivity index (χ2v) is 5.20. The summed E-state index contributed by atoms with van der Waals surface area (Å²) in [6, 6.07) is 1.93. The van der Waals surface area contributed by atoms with Crippen LogP contribution < -0.4 is 5.32 Å². The van der Waals surface area contributed by atoms with Gasteiger partial charge in [-0.25, -0.2) is 9.97 Å². The first-order chi connectivity index (χ1) is 7.88. The molecule has 0 amide bonds. The maximum atomic E-state index is 5.79. The van der Waals surface area contributed by atoms with Gasteiger partial charge in [-0.1, -0.05) is 20.8 Å². The van der Waals surface area contributed by atoms with E-state index in [0.29, 0.717) is 6.61 Å². The molecule has 96 valence electrons. The van der Waals surface area contributed by atoms with Crippen LogP contribution in [0.4, 0.5) is 5.82 Å². The van der Waals surface area contributed by atoms with Crippen LogP contribution in [-0.2, 0) is 4.74 Å². The number of aryl methyl sites for hydroxylation is 1. The van der Waals surface area contributed by atoms with E-state index < -0.39 is 0 Å². The Balaban J connectivity index is 3.13. The zero-order chi connectivity index (χ0) is 13.1. The van der Waals surface area contributed by atoms with E-state index in [1.54, 1.807) is 0 Å². The van der Waals surface area contributed by atoms with Gasteiger partial charge in [0.25, 0.3) is 0 Å². The molecule has 0 spiro atoms. The maximum absolute atomic E-state index is 5.79. The van der Waals surface area contributed by atoms with Gasteiger partial charge in [-0.2, -0.15) is 0 Å². The van der Waals surface area contributed by atoms with Gasteiger partial charge in [-0.05, 0) is 19.3 Å². The summed E-state index contributed by atoms with van der Waals surface area (Å²) in [5, 5.41) is 3.05. The first-order valence-electron chi connectivity index (χ1n) is 6.03. The van der Waals surface area contributed by atoms with Crippen LogP contribution in [0.15, 0.2) is 6.07 Å². The molecule has 4 nitrogen and oxygen atoms in total. The molecule has 0 aliphatic heterocycles. The molecule has 0 radical (unpaired) electrons. The predicted octanol–water partition coefficient (Wildman–Crippen LogP) is 2.95. The third-order valence-corrected chi connectivity index (χ3v) is 2.48. The lowest BCUT2D eigenvalue weighted by atomic mass is 9.88. The average Bonchev–Trinajstić information content (AvgIpc) is 2.23. The lowest BCUT2D eigenvalue weighted by Crippen LogP contribution is -2.24. The van der Waals surface area contributed by atoms with Crippen LogP contribution in [0.5, 0.6) is 0 Å². The van der Waals surface area contributed by atoms with Crippen molar-refractivity contribution in [2.45, 2.75) is 40.7 Å². The van der Waals surface area contributed by atoms with Gasteiger partial charge in [0.2, 0.25) is 0 Å². The molecular weight excluding hydrogens is 214 g/mol. The summed E-state index contributed by atoms with van der Waals surface area (Å²) in [6.07, 6.45) is -0.0838. The maximum Gasteiger partial charge on any atom is 0.160 e. The lowest BCUT2D eigenvalue weighted by Gasteiger charge is -2.29. The Morgan fingerprint density at radius 1 is 1.35 bits per heavy atom. The fourth-order valence-corrected chi connectivity index (χ4v) is 1.72. The Morgan fingerprint density at radius 2 is 2.00 bits per heavy atom. The number of anilines is 1. The van der Waals surface area contributed by atoms with Gasteiger partial charge in [0.15, 0.2) is 5.82 Å². The smallest absolute Gasteiger partial charge is 0.160 e. The quantitative estimate of drug-likeness (QED) is 0.874. The lowest BCUT2D eigenvalue weighted by molar-refractivity contribution is -0.0191. The SMILES string of the molecule is CCOC(c1nc(C)cc(NC)n1)C(C)(C)C. The molecule has 1 N–H and O–H groups in total. The Kier molecular flexibility index (Phi) is 4.46. The van der Waals surface area contributed by atoms with Crippen molar-refractivity contribution in [2.24, 2.45) is 5.41 Å². The van der Waals surface area contributed by atoms with Crippen LogP contribution in [0.2, 0.25) is 0 Å². The van der Waals surface area contributed by atoms with Gasteiger partial charge in [-0.15, -0.1) is 0 Å². The fourth-order valence-electron chi connectivity index (χ4n) is 1.72. The molecule has 1 rings (SSSR count). The molecule has 0 bridgehead atoms. The molecular formula is C13H23N3O. The van der Waals surface area contributed by atoms with Crippen LogP contribution in [0.3, 0.4) is 0 Å². The molecule has 0 fully saturated rings.